The Bertz CT molecular complexity index is 613. The summed E-state index contributed by atoms with van der Waals surface area (Å²) in [7, 11) is 0. The topological polar surface area (TPSA) is 29.1 Å². The van der Waals surface area contributed by atoms with Crippen LogP contribution in [0.25, 0.3) is 0 Å². The lowest BCUT2D eigenvalue weighted by Crippen LogP contribution is -2.23. The predicted molar refractivity (Wildman–Crippen MR) is 81.5 cm³/mol. The van der Waals surface area contributed by atoms with Gasteiger partial charge in [0, 0.05) is 21.6 Å². The van der Waals surface area contributed by atoms with Gasteiger partial charge in [-0.25, -0.2) is 0 Å². The Balaban J connectivity index is 2.10. The van der Waals surface area contributed by atoms with Crippen LogP contribution in [-0.4, -0.2) is 5.91 Å². The van der Waals surface area contributed by atoms with Crippen LogP contribution in [0.2, 0.25) is 5.02 Å². The van der Waals surface area contributed by atoms with Crippen molar-refractivity contribution in [2.45, 2.75) is 13.5 Å². The molecule has 0 spiro atoms. The molecule has 0 fully saturated rings. The van der Waals surface area contributed by atoms with Crippen LogP contribution in [0, 0.1) is 6.92 Å². The molecule has 0 saturated heterocycles. The third-order valence-corrected chi connectivity index (χ3v) is 4.09. The van der Waals surface area contributed by atoms with Gasteiger partial charge >= 0.3 is 0 Å². The number of nitrogens with one attached hydrogen (secondary N) is 1. The molecule has 0 aliphatic carbocycles. The van der Waals surface area contributed by atoms with E-state index in [0.717, 1.165) is 15.6 Å². The fourth-order valence-electron chi connectivity index (χ4n) is 1.77. The van der Waals surface area contributed by atoms with E-state index in [4.69, 9.17) is 11.6 Å². The highest BCUT2D eigenvalue weighted by Gasteiger charge is 2.10. The van der Waals surface area contributed by atoms with Gasteiger partial charge in [0.25, 0.3) is 5.91 Å². The molecule has 0 radical (unpaired) electrons. The highest BCUT2D eigenvalue weighted by atomic mass is 79.9. The number of amides is 1. The van der Waals surface area contributed by atoms with Crippen molar-refractivity contribution in [1.82, 2.24) is 5.32 Å². The van der Waals surface area contributed by atoms with Crippen LogP contribution in [0.3, 0.4) is 0 Å². The van der Waals surface area contributed by atoms with Gasteiger partial charge in [-0.05, 0) is 36.2 Å². The van der Waals surface area contributed by atoms with E-state index in [1.807, 2.05) is 31.2 Å². The Kier molecular flexibility index (Phi) is 4.61. The summed E-state index contributed by atoms with van der Waals surface area (Å²) in [6.07, 6.45) is 0. The molecular weight excluding hydrogens is 326 g/mol. The number of hydrogen-bond donors (Lipinski definition) is 1. The minimum absolute atomic E-state index is 0.115. The highest BCUT2D eigenvalue weighted by molar-refractivity contribution is 9.10. The molecule has 0 atom stereocenters. The first kappa shape index (κ1) is 14.1. The van der Waals surface area contributed by atoms with E-state index in [1.54, 1.807) is 18.2 Å². The first-order valence-corrected chi connectivity index (χ1v) is 7.03. The van der Waals surface area contributed by atoms with Gasteiger partial charge in [-0.3, -0.25) is 4.79 Å². The Morgan fingerprint density at radius 2 is 1.95 bits per heavy atom. The lowest BCUT2D eigenvalue weighted by molar-refractivity contribution is 0.0950. The monoisotopic (exact) mass is 337 g/mol. The summed E-state index contributed by atoms with van der Waals surface area (Å²) in [4.78, 5) is 12.1. The van der Waals surface area contributed by atoms with Gasteiger partial charge in [-0.1, -0.05) is 51.8 Å². The number of carbonyl (C=O) groups excluding carboxylic acids is 1. The lowest BCUT2D eigenvalue weighted by atomic mass is 10.1. The van der Waals surface area contributed by atoms with Gasteiger partial charge in [-0.2, -0.15) is 0 Å². The zero-order valence-corrected chi connectivity index (χ0v) is 12.8. The Morgan fingerprint density at radius 3 is 2.68 bits per heavy atom. The molecule has 0 saturated carbocycles. The predicted octanol–water partition coefficient (Wildman–Crippen LogP) is 4.34. The van der Waals surface area contributed by atoms with Crippen LogP contribution in [-0.2, 0) is 6.54 Å². The third kappa shape index (κ3) is 3.37. The van der Waals surface area contributed by atoms with Crippen LogP contribution >= 0.6 is 27.5 Å². The highest BCUT2D eigenvalue weighted by Crippen LogP contribution is 2.19. The van der Waals surface area contributed by atoms with E-state index < -0.39 is 0 Å². The van der Waals surface area contributed by atoms with E-state index >= 15 is 0 Å². The number of halogens is 2. The molecule has 2 aromatic carbocycles. The second-order valence-corrected chi connectivity index (χ2v) is 5.45. The second-order valence-electron chi connectivity index (χ2n) is 4.19. The van der Waals surface area contributed by atoms with Gasteiger partial charge in [0.2, 0.25) is 0 Å². The molecule has 2 rings (SSSR count). The lowest BCUT2D eigenvalue weighted by Gasteiger charge is -2.09. The van der Waals surface area contributed by atoms with E-state index in [0.29, 0.717) is 17.1 Å². The fourth-order valence-corrected chi connectivity index (χ4v) is 2.37. The van der Waals surface area contributed by atoms with Crippen LogP contribution in [0.5, 0.6) is 0 Å². The number of hydrogen-bond acceptors (Lipinski definition) is 1. The molecule has 0 heterocycles. The summed E-state index contributed by atoms with van der Waals surface area (Å²) in [5.41, 5.74) is 2.45. The van der Waals surface area contributed by atoms with Gasteiger partial charge in [-0.15, -0.1) is 0 Å². The summed E-state index contributed by atoms with van der Waals surface area (Å²) >= 11 is 9.47. The molecule has 0 aromatic heterocycles. The van der Waals surface area contributed by atoms with Crippen molar-refractivity contribution in [3.05, 3.63) is 68.7 Å². The van der Waals surface area contributed by atoms with Crippen LogP contribution in [0.15, 0.2) is 46.9 Å². The van der Waals surface area contributed by atoms with Crippen molar-refractivity contribution >= 4 is 33.4 Å². The van der Waals surface area contributed by atoms with Gasteiger partial charge in [0.15, 0.2) is 0 Å². The van der Waals surface area contributed by atoms with E-state index in [9.17, 15) is 4.79 Å². The SMILES string of the molecule is Cc1c(Cl)cccc1C(=O)NCc1ccccc1Br. The molecular formula is C15H13BrClNO. The Morgan fingerprint density at radius 1 is 1.21 bits per heavy atom. The number of rotatable bonds is 3. The Hall–Kier alpha value is -1.32. The number of benzene rings is 2. The largest absolute Gasteiger partial charge is 0.348 e. The maximum absolute atomic E-state index is 12.1. The smallest absolute Gasteiger partial charge is 0.251 e. The maximum atomic E-state index is 12.1. The standard InChI is InChI=1S/C15H13BrClNO/c1-10-12(6-4-8-14(10)17)15(19)18-9-11-5-2-3-7-13(11)16/h2-8H,9H2,1H3,(H,18,19). The Labute approximate surface area is 125 Å². The first-order chi connectivity index (χ1) is 9.09. The molecule has 0 unspecified atom stereocenters. The van der Waals surface area contributed by atoms with Crippen LogP contribution in [0.1, 0.15) is 21.5 Å². The molecule has 2 aromatic rings. The van der Waals surface area contributed by atoms with Crippen molar-refractivity contribution in [2.24, 2.45) is 0 Å². The normalized spacial score (nSPS) is 10.3. The van der Waals surface area contributed by atoms with Crippen molar-refractivity contribution in [1.29, 1.82) is 0 Å². The molecule has 1 amide bonds. The first-order valence-electron chi connectivity index (χ1n) is 5.86. The van der Waals surface area contributed by atoms with Crippen molar-refractivity contribution in [3.63, 3.8) is 0 Å². The minimum Gasteiger partial charge on any atom is -0.348 e. The molecule has 0 aliphatic rings. The molecule has 0 bridgehead atoms. The van der Waals surface area contributed by atoms with E-state index in [1.165, 1.54) is 0 Å². The van der Waals surface area contributed by atoms with Gasteiger partial charge < -0.3 is 5.32 Å². The summed E-state index contributed by atoms with van der Waals surface area (Å²) < 4.78 is 0.984. The molecule has 2 nitrogen and oxygen atoms in total. The number of carbonyl (C=O) groups is 1. The summed E-state index contributed by atoms with van der Waals surface area (Å²) in [6.45, 7) is 2.32. The quantitative estimate of drug-likeness (QED) is 0.886. The van der Waals surface area contributed by atoms with Crippen molar-refractivity contribution in [2.75, 3.05) is 0 Å². The fraction of sp³-hybridized carbons (Fsp3) is 0.133. The summed E-state index contributed by atoms with van der Waals surface area (Å²) in [6, 6.07) is 13.1. The maximum Gasteiger partial charge on any atom is 0.251 e. The summed E-state index contributed by atoms with van der Waals surface area (Å²) in [5, 5.41) is 3.50. The molecule has 4 heteroatoms. The average molecular weight is 339 g/mol. The van der Waals surface area contributed by atoms with Crippen LogP contribution < -0.4 is 5.32 Å². The molecule has 1 N–H and O–H groups in total. The average Bonchev–Trinajstić information content (AvgIpc) is 2.40. The van der Waals surface area contributed by atoms with Gasteiger partial charge in [0.05, 0.1) is 0 Å². The van der Waals surface area contributed by atoms with Crippen molar-refractivity contribution in [3.8, 4) is 0 Å². The van der Waals surface area contributed by atoms with Crippen LogP contribution in [0.4, 0.5) is 0 Å². The minimum atomic E-state index is -0.115. The molecule has 19 heavy (non-hydrogen) atoms. The zero-order chi connectivity index (χ0) is 13.8. The van der Waals surface area contributed by atoms with Crippen molar-refractivity contribution < 1.29 is 4.79 Å². The van der Waals surface area contributed by atoms with E-state index in [2.05, 4.69) is 21.2 Å². The molecule has 0 aliphatic heterocycles. The second kappa shape index (κ2) is 6.22. The third-order valence-electron chi connectivity index (χ3n) is 2.91. The zero-order valence-electron chi connectivity index (χ0n) is 10.4. The summed E-state index contributed by atoms with van der Waals surface area (Å²) in [5.74, 6) is -0.115. The molecule has 98 valence electrons. The van der Waals surface area contributed by atoms with E-state index in [-0.39, 0.29) is 5.91 Å². The van der Waals surface area contributed by atoms with Gasteiger partial charge in [0.1, 0.15) is 0 Å².